The number of rotatable bonds is 6. The Morgan fingerprint density at radius 1 is 1.50 bits per heavy atom. The zero-order chi connectivity index (χ0) is 14.8. The van der Waals surface area contributed by atoms with Gasteiger partial charge in [0.2, 0.25) is 0 Å². The molecule has 5 heteroatoms. The maximum atomic E-state index is 8.76. The van der Waals surface area contributed by atoms with Gasteiger partial charge >= 0.3 is 0 Å². The minimum atomic E-state index is 0.107. The molecule has 0 bridgehead atoms. The standard InChI is InChI=1S/C15H23N3O2/c1-15(2,12-5-6-12)17-9-11-8-10(14(16)18-19)4-7-13(11)20-3/h4,7-8,12,17,19H,5-6,9H2,1-3H3,(H2,16,18). The third kappa shape index (κ3) is 3.22. The molecule has 1 aliphatic carbocycles. The highest BCUT2D eigenvalue weighted by atomic mass is 16.5. The molecule has 0 aliphatic heterocycles. The van der Waals surface area contributed by atoms with Crippen LogP contribution in [-0.2, 0) is 6.54 Å². The molecule has 1 aliphatic rings. The number of methoxy groups -OCH3 is 1. The van der Waals surface area contributed by atoms with Crippen molar-refractivity contribution in [3.63, 3.8) is 0 Å². The Hall–Kier alpha value is -1.75. The largest absolute Gasteiger partial charge is 0.496 e. The molecule has 0 amide bonds. The lowest BCUT2D eigenvalue weighted by atomic mass is 9.98. The van der Waals surface area contributed by atoms with Crippen LogP contribution in [0, 0.1) is 5.92 Å². The average Bonchev–Trinajstić information content (AvgIpc) is 3.29. The van der Waals surface area contributed by atoms with Crippen molar-refractivity contribution >= 4 is 5.84 Å². The summed E-state index contributed by atoms with van der Waals surface area (Å²) in [6, 6.07) is 5.52. The molecule has 2 rings (SSSR count). The lowest BCUT2D eigenvalue weighted by Gasteiger charge is -2.27. The van der Waals surface area contributed by atoms with Crippen LogP contribution in [0.1, 0.15) is 37.8 Å². The fourth-order valence-electron chi connectivity index (χ4n) is 2.41. The normalized spacial score (nSPS) is 16.2. The van der Waals surface area contributed by atoms with E-state index in [0.29, 0.717) is 12.1 Å². The molecule has 110 valence electrons. The minimum Gasteiger partial charge on any atom is -0.496 e. The highest BCUT2D eigenvalue weighted by Gasteiger charge is 2.37. The van der Waals surface area contributed by atoms with Crippen LogP contribution in [0.25, 0.3) is 0 Å². The third-order valence-corrected chi connectivity index (χ3v) is 4.02. The van der Waals surface area contributed by atoms with Gasteiger partial charge in [-0.3, -0.25) is 0 Å². The molecule has 0 radical (unpaired) electrons. The first-order valence-corrected chi connectivity index (χ1v) is 6.87. The summed E-state index contributed by atoms with van der Waals surface area (Å²) in [4.78, 5) is 0. The number of hydrogen-bond donors (Lipinski definition) is 3. The second-order valence-electron chi connectivity index (χ2n) is 5.86. The maximum Gasteiger partial charge on any atom is 0.170 e. The Kier molecular flexibility index (Phi) is 4.18. The van der Waals surface area contributed by atoms with Crippen LogP contribution < -0.4 is 15.8 Å². The molecular formula is C15H23N3O2. The van der Waals surface area contributed by atoms with E-state index in [-0.39, 0.29) is 11.4 Å². The average molecular weight is 277 g/mol. The highest BCUT2D eigenvalue weighted by molar-refractivity contribution is 5.97. The van der Waals surface area contributed by atoms with Crippen molar-refractivity contribution in [1.82, 2.24) is 5.32 Å². The van der Waals surface area contributed by atoms with Crippen LogP contribution in [0.4, 0.5) is 0 Å². The SMILES string of the molecule is COc1ccc(/C(N)=N/O)cc1CNC(C)(C)C1CC1. The molecule has 0 unspecified atom stereocenters. The van der Waals surface area contributed by atoms with Gasteiger partial charge in [0.15, 0.2) is 5.84 Å². The van der Waals surface area contributed by atoms with Crippen LogP contribution in [0.15, 0.2) is 23.4 Å². The molecule has 0 spiro atoms. The molecular weight excluding hydrogens is 254 g/mol. The molecule has 0 heterocycles. The fourth-order valence-corrected chi connectivity index (χ4v) is 2.41. The summed E-state index contributed by atoms with van der Waals surface area (Å²) < 4.78 is 5.37. The van der Waals surface area contributed by atoms with E-state index in [1.165, 1.54) is 12.8 Å². The second-order valence-corrected chi connectivity index (χ2v) is 5.86. The molecule has 1 aromatic rings. The van der Waals surface area contributed by atoms with Crippen molar-refractivity contribution in [2.75, 3.05) is 7.11 Å². The van der Waals surface area contributed by atoms with Gasteiger partial charge in [0.1, 0.15) is 5.75 Å². The molecule has 0 atom stereocenters. The summed E-state index contributed by atoms with van der Waals surface area (Å²) in [6.45, 7) is 5.15. The van der Waals surface area contributed by atoms with Crippen LogP contribution in [0.2, 0.25) is 0 Å². The van der Waals surface area contributed by atoms with Crippen molar-refractivity contribution < 1.29 is 9.94 Å². The van der Waals surface area contributed by atoms with E-state index in [1.807, 2.05) is 12.1 Å². The Morgan fingerprint density at radius 3 is 2.75 bits per heavy atom. The summed E-state index contributed by atoms with van der Waals surface area (Å²) in [6.07, 6.45) is 2.59. The Morgan fingerprint density at radius 2 is 2.20 bits per heavy atom. The van der Waals surface area contributed by atoms with Gasteiger partial charge in [-0.2, -0.15) is 0 Å². The predicted molar refractivity (Wildman–Crippen MR) is 79.1 cm³/mol. The van der Waals surface area contributed by atoms with Crippen molar-refractivity contribution in [3.8, 4) is 5.75 Å². The van der Waals surface area contributed by atoms with Gasteiger partial charge in [0, 0.05) is 23.2 Å². The van der Waals surface area contributed by atoms with Gasteiger partial charge in [0.25, 0.3) is 0 Å². The number of ether oxygens (including phenoxy) is 1. The third-order valence-electron chi connectivity index (χ3n) is 4.02. The van der Waals surface area contributed by atoms with Gasteiger partial charge in [-0.05, 0) is 50.8 Å². The van der Waals surface area contributed by atoms with E-state index >= 15 is 0 Å². The van der Waals surface area contributed by atoms with Crippen LogP contribution in [-0.4, -0.2) is 23.7 Å². The first kappa shape index (κ1) is 14.7. The summed E-state index contributed by atoms with van der Waals surface area (Å²) >= 11 is 0. The van der Waals surface area contributed by atoms with E-state index < -0.39 is 0 Å². The van der Waals surface area contributed by atoms with E-state index in [2.05, 4.69) is 24.3 Å². The Balaban J connectivity index is 2.15. The monoisotopic (exact) mass is 277 g/mol. The first-order valence-electron chi connectivity index (χ1n) is 6.87. The van der Waals surface area contributed by atoms with Gasteiger partial charge < -0.3 is 21.0 Å². The molecule has 1 saturated carbocycles. The summed E-state index contributed by atoms with van der Waals surface area (Å²) in [5, 5.41) is 15.4. The molecule has 0 aromatic heterocycles. The van der Waals surface area contributed by atoms with Crippen LogP contribution >= 0.6 is 0 Å². The van der Waals surface area contributed by atoms with E-state index in [4.69, 9.17) is 15.7 Å². The highest BCUT2D eigenvalue weighted by Crippen LogP contribution is 2.39. The topological polar surface area (TPSA) is 79.9 Å². The number of nitrogens with two attached hydrogens (primary N) is 1. The lowest BCUT2D eigenvalue weighted by Crippen LogP contribution is -2.40. The fraction of sp³-hybridized carbons (Fsp3) is 0.533. The maximum absolute atomic E-state index is 8.76. The number of amidine groups is 1. The number of nitrogens with zero attached hydrogens (tertiary/aromatic N) is 1. The number of oxime groups is 1. The molecule has 5 nitrogen and oxygen atoms in total. The van der Waals surface area contributed by atoms with Gasteiger partial charge in [-0.15, -0.1) is 0 Å². The molecule has 1 aromatic carbocycles. The quantitative estimate of drug-likeness (QED) is 0.322. The number of hydrogen-bond acceptors (Lipinski definition) is 4. The van der Waals surface area contributed by atoms with E-state index in [1.54, 1.807) is 13.2 Å². The number of benzene rings is 1. The molecule has 1 fully saturated rings. The Labute approximate surface area is 119 Å². The minimum absolute atomic E-state index is 0.107. The van der Waals surface area contributed by atoms with E-state index in [9.17, 15) is 0 Å². The van der Waals surface area contributed by atoms with Gasteiger partial charge in [0.05, 0.1) is 7.11 Å². The van der Waals surface area contributed by atoms with E-state index in [0.717, 1.165) is 17.2 Å². The predicted octanol–water partition coefficient (Wildman–Crippen LogP) is 2.07. The smallest absolute Gasteiger partial charge is 0.170 e. The lowest BCUT2D eigenvalue weighted by molar-refractivity contribution is 0.318. The summed E-state index contributed by atoms with van der Waals surface area (Å²) in [5.74, 6) is 1.66. The zero-order valence-electron chi connectivity index (χ0n) is 12.3. The summed E-state index contributed by atoms with van der Waals surface area (Å²) in [5.41, 5.74) is 7.45. The van der Waals surface area contributed by atoms with Crippen molar-refractivity contribution in [2.45, 2.75) is 38.8 Å². The number of nitrogens with one attached hydrogen (secondary N) is 1. The summed E-state index contributed by atoms with van der Waals surface area (Å²) in [7, 11) is 1.65. The molecule has 4 N–H and O–H groups in total. The molecule has 20 heavy (non-hydrogen) atoms. The van der Waals surface area contributed by atoms with Crippen LogP contribution in [0.5, 0.6) is 5.75 Å². The Bertz CT molecular complexity index is 508. The first-order chi connectivity index (χ1) is 9.47. The molecule has 0 saturated heterocycles. The van der Waals surface area contributed by atoms with Gasteiger partial charge in [-0.25, -0.2) is 0 Å². The van der Waals surface area contributed by atoms with Crippen molar-refractivity contribution in [3.05, 3.63) is 29.3 Å². The van der Waals surface area contributed by atoms with Crippen molar-refractivity contribution in [1.29, 1.82) is 0 Å². The zero-order valence-corrected chi connectivity index (χ0v) is 12.3. The van der Waals surface area contributed by atoms with Crippen LogP contribution in [0.3, 0.4) is 0 Å². The van der Waals surface area contributed by atoms with Crippen molar-refractivity contribution in [2.24, 2.45) is 16.8 Å². The van der Waals surface area contributed by atoms with Gasteiger partial charge in [-0.1, -0.05) is 5.16 Å². The second kappa shape index (κ2) is 5.71.